The maximum Gasteiger partial charge on any atom is 0.0345 e. The third kappa shape index (κ3) is 1.11. The first kappa shape index (κ1) is 7.41. The number of rotatable bonds is 0. The lowest BCUT2D eigenvalue weighted by molar-refractivity contribution is 0.628. The Morgan fingerprint density at radius 1 is 1.42 bits per heavy atom. The van der Waals surface area contributed by atoms with E-state index in [1.807, 2.05) is 0 Å². The Labute approximate surface area is 73.1 Å². The van der Waals surface area contributed by atoms with Gasteiger partial charge in [-0.2, -0.15) is 0 Å². The van der Waals surface area contributed by atoms with E-state index in [2.05, 4.69) is 43.1 Å². The summed E-state index contributed by atoms with van der Waals surface area (Å²) in [6.45, 7) is 6.18. The van der Waals surface area contributed by atoms with Gasteiger partial charge in [0.2, 0.25) is 0 Å². The highest BCUT2D eigenvalue weighted by Gasteiger charge is 2.15. The molecule has 0 spiro atoms. The van der Waals surface area contributed by atoms with Crippen LogP contribution >= 0.6 is 0 Å². The van der Waals surface area contributed by atoms with Gasteiger partial charge in [0.15, 0.2) is 0 Å². The smallest absolute Gasteiger partial charge is 0.0345 e. The summed E-state index contributed by atoms with van der Waals surface area (Å²) in [5.41, 5.74) is 3.74. The van der Waals surface area contributed by atoms with Gasteiger partial charge in [-0.1, -0.05) is 30.8 Å². The molecule has 1 aromatic carbocycles. The average molecular weight is 159 g/mol. The summed E-state index contributed by atoms with van der Waals surface area (Å²) in [6, 6.07) is 8.97. The van der Waals surface area contributed by atoms with Crippen molar-refractivity contribution in [3.05, 3.63) is 42.0 Å². The Kier molecular flexibility index (Phi) is 1.65. The van der Waals surface area contributed by atoms with Crippen LogP contribution in [-0.2, 0) is 6.42 Å². The quantitative estimate of drug-likeness (QED) is 0.612. The first-order chi connectivity index (χ1) is 5.77. The van der Waals surface area contributed by atoms with Crippen molar-refractivity contribution in [1.29, 1.82) is 0 Å². The fourth-order valence-electron chi connectivity index (χ4n) is 1.75. The predicted octanol–water partition coefficient (Wildman–Crippen LogP) is 2.19. The van der Waals surface area contributed by atoms with Gasteiger partial charge in [-0.15, -0.1) is 0 Å². The van der Waals surface area contributed by atoms with Crippen molar-refractivity contribution in [2.24, 2.45) is 0 Å². The van der Waals surface area contributed by atoms with E-state index in [0.29, 0.717) is 6.04 Å². The first-order valence-corrected chi connectivity index (χ1v) is 4.31. The SMILES string of the molecule is C=C1NC(C)Cc2ccccc21. The molecule has 1 N–H and O–H groups in total. The highest BCUT2D eigenvalue weighted by atomic mass is 14.9. The van der Waals surface area contributed by atoms with Crippen molar-refractivity contribution in [3.8, 4) is 0 Å². The normalized spacial score (nSPS) is 21.4. The summed E-state index contributed by atoms with van der Waals surface area (Å²) in [5.74, 6) is 0. The zero-order valence-corrected chi connectivity index (χ0v) is 7.30. The lowest BCUT2D eigenvalue weighted by Crippen LogP contribution is -2.31. The summed E-state index contributed by atoms with van der Waals surface area (Å²) < 4.78 is 0. The molecule has 0 amide bonds. The van der Waals surface area contributed by atoms with Crippen molar-refractivity contribution in [1.82, 2.24) is 5.32 Å². The van der Waals surface area contributed by atoms with Crippen molar-refractivity contribution >= 4 is 5.70 Å². The number of fused-ring (bicyclic) bond motifs is 1. The molecule has 0 bridgehead atoms. The molecule has 12 heavy (non-hydrogen) atoms. The molecule has 2 rings (SSSR count). The molecule has 0 radical (unpaired) electrons. The summed E-state index contributed by atoms with van der Waals surface area (Å²) in [5, 5.41) is 3.34. The fraction of sp³-hybridized carbons (Fsp3) is 0.273. The first-order valence-electron chi connectivity index (χ1n) is 4.31. The van der Waals surface area contributed by atoms with E-state index in [1.54, 1.807) is 0 Å². The minimum atomic E-state index is 0.521. The maximum absolute atomic E-state index is 3.99. The van der Waals surface area contributed by atoms with Crippen molar-refractivity contribution < 1.29 is 0 Å². The minimum absolute atomic E-state index is 0.521. The fourth-order valence-corrected chi connectivity index (χ4v) is 1.75. The molecule has 62 valence electrons. The molecule has 1 aliphatic heterocycles. The zero-order valence-electron chi connectivity index (χ0n) is 7.30. The number of nitrogens with one attached hydrogen (secondary N) is 1. The standard InChI is InChI=1S/C11H13N/c1-8-7-10-5-3-4-6-11(10)9(2)12-8/h3-6,8,12H,2,7H2,1H3. The minimum Gasteiger partial charge on any atom is -0.382 e. The van der Waals surface area contributed by atoms with Gasteiger partial charge in [-0.05, 0) is 18.9 Å². The van der Waals surface area contributed by atoms with Crippen LogP contribution in [0.25, 0.3) is 5.70 Å². The van der Waals surface area contributed by atoms with Crippen LogP contribution in [0.2, 0.25) is 0 Å². The molecule has 0 saturated carbocycles. The summed E-state index contributed by atoms with van der Waals surface area (Å²) >= 11 is 0. The summed E-state index contributed by atoms with van der Waals surface area (Å²) in [6.07, 6.45) is 1.11. The van der Waals surface area contributed by atoms with Crippen molar-refractivity contribution in [3.63, 3.8) is 0 Å². The molecule has 1 aliphatic rings. The van der Waals surface area contributed by atoms with Gasteiger partial charge in [0, 0.05) is 17.3 Å². The average Bonchev–Trinajstić information content (AvgIpc) is 2.04. The predicted molar refractivity (Wildman–Crippen MR) is 51.8 cm³/mol. The number of hydrogen-bond donors (Lipinski definition) is 1. The van der Waals surface area contributed by atoms with E-state index in [0.717, 1.165) is 12.1 Å². The number of hydrogen-bond acceptors (Lipinski definition) is 1. The van der Waals surface area contributed by atoms with E-state index >= 15 is 0 Å². The van der Waals surface area contributed by atoms with E-state index in [1.165, 1.54) is 11.1 Å². The molecule has 0 aliphatic carbocycles. The van der Waals surface area contributed by atoms with Gasteiger partial charge in [-0.25, -0.2) is 0 Å². The second kappa shape index (κ2) is 2.67. The van der Waals surface area contributed by atoms with Crippen LogP contribution in [0, 0.1) is 0 Å². The van der Waals surface area contributed by atoms with E-state index in [9.17, 15) is 0 Å². The monoisotopic (exact) mass is 159 g/mol. The second-order valence-corrected chi connectivity index (χ2v) is 3.39. The lowest BCUT2D eigenvalue weighted by atomic mass is 9.95. The van der Waals surface area contributed by atoms with Gasteiger partial charge in [0.1, 0.15) is 0 Å². The van der Waals surface area contributed by atoms with Crippen molar-refractivity contribution in [2.45, 2.75) is 19.4 Å². The van der Waals surface area contributed by atoms with Gasteiger partial charge in [0.05, 0.1) is 0 Å². The van der Waals surface area contributed by atoms with Crippen LogP contribution in [-0.4, -0.2) is 6.04 Å². The molecule has 0 saturated heterocycles. The van der Waals surface area contributed by atoms with Crippen LogP contribution in [0.1, 0.15) is 18.1 Å². The van der Waals surface area contributed by atoms with Crippen LogP contribution in [0.5, 0.6) is 0 Å². The molecular formula is C11H13N. The summed E-state index contributed by atoms with van der Waals surface area (Å²) in [4.78, 5) is 0. The van der Waals surface area contributed by atoms with Gasteiger partial charge in [0.25, 0.3) is 0 Å². The van der Waals surface area contributed by atoms with E-state index < -0.39 is 0 Å². The molecule has 0 aromatic heterocycles. The van der Waals surface area contributed by atoms with Crippen LogP contribution in [0.3, 0.4) is 0 Å². The zero-order chi connectivity index (χ0) is 8.55. The Bertz CT molecular complexity index is 315. The van der Waals surface area contributed by atoms with Gasteiger partial charge in [-0.3, -0.25) is 0 Å². The molecule has 1 heterocycles. The largest absolute Gasteiger partial charge is 0.382 e. The van der Waals surface area contributed by atoms with Gasteiger partial charge >= 0.3 is 0 Å². The molecule has 1 unspecified atom stereocenters. The number of benzene rings is 1. The van der Waals surface area contributed by atoms with Crippen molar-refractivity contribution in [2.75, 3.05) is 0 Å². The molecule has 1 heteroatoms. The second-order valence-electron chi connectivity index (χ2n) is 3.39. The third-order valence-electron chi connectivity index (χ3n) is 2.29. The molecule has 1 aromatic rings. The lowest BCUT2D eigenvalue weighted by Gasteiger charge is -2.25. The van der Waals surface area contributed by atoms with E-state index in [-0.39, 0.29) is 0 Å². The van der Waals surface area contributed by atoms with Crippen LogP contribution in [0.4, 0.5) is 0 Å². The maximum atomic E-state index is 3.99. The molecule has 1 atom stereocenters. The van der Waals surface area contributed by atoms with E-state index in [4.69, 9.17) is 0 Å². The molecule has 0 fully saturated rings. The molecule has 1 nitrogen and oxygen atoms in total. The third-order valence-corrected chi connectivity index (χ3v) is 2.29. The van der Waals surface area contributed by atoms with Crippen LogP contribution in [0.15, 0.2) is 30.8 Å². The molecular weight excluding hydrogens is 146 g/mol. The Hall–Kier alpha value is -1.24. The highest BCUT2D eigenvalue weighted by Crippen LogP contribution is 2.22. The highest BCUT2D eigenvalue weighted by molar-refractivity contribution is 5.66. The Morgan fingerprint density at radius 3 is 3.00 bits per heavy atom. The van der Waals surface area contributed by atoms with Gasteiger partial charge < -0.3 is 5.32 Å². The summed E-state index contributed by atoms with van der Waals surface area (Å²) in [7, 11) is 0. The topological polar surface area (TPSA) is 12.0 Å². The Balaban J connectivity index is 2.47. The van der Waals surface area contributed by atoms with Crippen LogP contribution < -0.4 is 5.32 Å². The Morgan fingerprint density at radius 2 is 2.17 bits per heavy atom.